The SMILES string of the molecule is COc1ccccc1SCC1OC(c2ccc(CNC(=O)C(Cl)(Cl)Cl)cc2)OC(c2ccc(CO)cc2)C1C. The molecule has 0 saturated carbocycles. The Morgan fingerprint density at radius 2 is 1.62 bits per heavy atom. The molecule has 4 unspecified atom stereocenters. The minimum atomic E-state index is -2.01. The van der Waals surface area contributed by atoms with Crippen molar-refractivity contribution in [3.05, 3.63) is 95.1 Å². The summed E-state index contributed by atoms with van der Waals surface area (Å²) in [6.45, 7) is 2.33. The summed E-state index contributed by atoms with van der Waals surface area (Å²) in [6, 6.07) is 23.3. The monoisotopic (exact) mass is 609 g/mol. The van der Waals surface area contributed by atoms with Crippen LogP contribution in [0.15, 0.2) is 77.7 Å². The molecule has 1 heterocycles. The number of halogens is 3. The van der Waals surface area contributed by atoms with Crippen molar-refractivity contribution in [2.24, 2.45) is 5.92 Å². The Kier molecular flexibility index (Phi) is 10.5. The van der Waals surface area contributed by atoms with Crippen molar-refractivity contribution in [2.75, 3.05) is 12.9 Å². The summed E-state index contributed by atoms with van der Waals surface area (Å²) < 4.78 is 16.5. The van der Waals surface area contributed by atoms with Crippen molar-refractivity contribution < 1.29 is 24.1 Å². The molecule has 1 aliphatic heterocycles. The highest BCUT2D eigenvalue weighted by atomic mass is 35.6. The van der Waals surface area contributed by atoms with Crippen LogP contribution in [0.4, 0.5) is 0 Å². The van der Waals surface area contributed by atoms with Crippen molar-refractivity contribution in [2.45, 2.75) is 47.3 Å². The lowest BCUT2D eigenvalue weighted by Gasteiger charge is -2.41. The molecule has 39 heavy (non-hydrogen) atoms. The van der Waals surface area contributed by atoms with Crippen LogP contribution >= 0.6 is 46.6 Å². The van der Waals surface area contributed by atoms with E-state index in [0.29, 0.717) is 5.75 Å². The van der Waals surface area contributed by atoms with Crippen molar-refractivity contribution in [3.63, 3.8) is 0 Å². The van der Waals surface area contributed by atoms with Gasteiger partial charge in [0.2, 0.25) is 0 Å². The smallest absolute Gasteiger partial charge is 0.272 e. The lowest BCUT2D eigenvalue weighted by atomic mass is 9.91. The number of methoxy groups -OCH3 is 1. The predicted molar refractivity (Wildman–Crippen MR) is 155 cm³/mol. The largest absolute Gasteiger partial charge is 0.496 e. The number of amides is 1. The Morgan fingerprint density at radius 1 is 0.974 bits per heavy atom. The van der Waals surface area contributed by atoms with E-state index in [1.807, 2.05) is 72.8 Å². The fourth-order valence-electron chi connectivity index (χ4n) is 4.29. The van der Waals surface area contributed by atoms with E-state index in [0.717, 1.165) is 32.9 Å². The number of para-hydroxylation sites is 1. The molecule has 3 aromatic carbocycles. The van der Waals surface area contributed by atoms with Crippen LogP contribution in [0.1, 0.15) is 41.6 Å². The zero-order valence-electron chi connectivity index (χ0n) is 21.5. The molecule has 0 spiro atoms. The summed E-state index contributed by atoms with van der Waals surface area (Å²) in [6.07, 6.45) is -0.941. The van der Waals surface area contributed by atoms with Crippen LogP contribution in [0.2, 0.25) is 0 Å². The molecule has 0 bridgehead atoms. The second-order valence-corrected chi connectivity index (χ2v) is 12.5. The highest BCUT2D eigenvalue weighted by molar-refractivity contribution is 7.99. The second kappa shape index (κ2) is 13.6. The van der Waals surface area contributed by atoms with Crippen LogP contribution in [-0.4, -0.2) is 33.8 Å². The van der Waals surface area contributed by atoms with E-state index in [1.165, 1.54) is 0 Å². The van der Waals surface area contributed by atoms with Crippen LogP contribution < -0.4 is 10.1 Å². The number of rotatable bonds is 9. The first kappa shape index (κ1) is 30.0. The number of nitrogens with one attached hydrogen (secondary N) is 1. The van der Waals surface area contributed by atoms with Crippen LogP contribution in [0.5, 0.6) is 5.75 Å². The Labute approximate surface area is 247 Å². The number of hydrogen-bond acceptors (Lipinski definition) is 6. The molecular weight excluding hydrogens is 581 g/mol. The van der Waals surface area contributed by atoms with Crippen LogP contribution in [0, 0.1) is 5.92 Å². The minimum absolute atomic E-state index is 0.0142. The lowest BCUT2D eigenvalue weighted by molar-refractivity contribution is -0.268. The quantitative estimate of drug-likeness (QED) is 0.206. The standard InChI is InChI=1S/C29H30Cl3NO5S/c1-18-24(17-39-25-6-4-3-5-23(25)36-2)37-27(38-26(18)21-11-9-20(16-34)10-12-21)22-13-7-19(8-14-22)15-33-28(35)29(30,31)32/h3-14,18,24,26-27,34H,15-17H2,1-2H3,(H,33,35). The van der Waals surface area contributed by atoms with Crippen LogP contribution in [-0.2, 0) is 27.4 Å². The molecule has 10 heteroatoms. The molecule has 4 atom stereocenters. The van der Waals surface area contributed by atoms with Gasteiger partial charge in [-0.2, -0.15) is 0 Å². The Balaban J connectivity index is 1.53. The van der Waals surface area contributed by atoms with Gasteiger partial charge in [-0.15, -0.1) is 11.8 Å². The number of thioether (sulfide) groups is 1. The Hall–Kier alpha value is -1.97. The number of ether oxygens (including phenoxy) is 3. The van der Waals surface area contributed by atoms with Crippen molar-refractivity contribution in [1.82, 2.24) is 5.32 Å². The third-order valence-corrected chi connectivity index (χ3v) is 8.22. The van der Waals surface area contributed by atoms with Gasteiger partial charge in [0.15, 0.2) is 6.29 Å². The average molecular weight is 611 g/mol. The van der Waals surface area contributed by atoms with Crippen LogP contribution in [0.25, 0.3) is 0 Å². The summed E-state index contributed by atoms with van der Waals surface area (Å²) >= 11 is 18.6. The van der Waals surface area contributed by atoms with Gasteiger partial charge in [0.25, 0.3) is 9.70 Å². The molecule has 0 radical (unpaired) electrons. The van der Waals surface area contributed by atoms with Crippen molar-refractivity contribution >= 4 is 52.5 Å². The number of alkyl halides is 3. The summed E-state index contributed by atoms with van der Waals surface area (Å²) in [4.78, 5) is 12.9. The van der Waals surface area contributed by atoms with E-state index in [-0.39, 0.29) is 31.3 Å². The number of aliphatic hydroxyl groups is 1. The Bertz CT molecular complexity index is 1240. The number of benzene rings is 3. The first-order valence-corrected chi connectivity index (χ1v) is 14.5. The number of hydrogen-bond donors (Lipinski definition) is 2. The molecule has 1 aliphatic rings. The molecule has 0 aromatic heterocycles. The third-order valence-electron chi connectivity index (χ3n) is 6.56. The highest BCUT2D eigenvalue weighted by Crippen LogP contribution is 2.43. The fraction of sp³-hybridized carbons (Fsp3) is 0.345. The molecule has 6 nitrogen and oxygen atoms in total. The van der Waals surface area contributed by atoms with Gasteiger partial charge >= 0.3 is 0 Å². The zero-order valence-corrected chi connectivity index (χ0v) is 24.6. The molecule has 208 valence electrons. The second-order valence-electron chi connectivity index (χ2n) is 9.21. The van der Waals surface area contributed by atoms with E-state index in [2.05, 4.69) is 12.2 Å². The van der Waals surface area contributed by atoms with Gasteiger partial charge in [-0.1, -0.05) is 102 Å². The molecule has 1 saturated heterocycles. The van der Waals surface area contributed by atoms with Gasteiger partial charge in [-0.3, -0.25) is 4.79 Å². The summed E-state index contributed by atoms with van der Waals surface area (Å²) in [5.41, 5.74) is 3.55. The molecule has 1 amide bonds. The van der Waals surface area contributed by atoms with Crippen molar-refractivity contribution in [1.29, 1.82) is 0 Å². The number of carbonyl (C=O) groups excluding carboxylic acids is 1. The first-order valence-electron chi connectivity index (χ1n) is 12.4. The third kappa shape index (κ3) is 7.82. The summed E-state index contributed by atoms with van der Waals surface area (Å²) in [5.74, 6) is 0.899. The topological polar surface area (TPSA) is 77.0 Å². The van der Waals surface area contributed by atoms with Gasteiger partial charge < -0.3 is 24.6 Å². The molecule has 1 fully saturated rings. The maximum Gasteiger partial charge on any atom is 0.272 e. The fourth-order valence-corrected chi connectivity index (χ4v) is 5.69. The summed E-state index contributed by atoms with van der Waals surface area (Å²) in [5, 5.41) is 12.1. The minimum Gasteiger partial charge on any atom is -0.496 e. The van der Waals surface area contributed by atoms with Gasteiger partial charge in [0.05, 0.1) is 25.9 Å². The first-order chi connectivity index (χ1) is 18.7. The normalized spacial score (nSPS) is 21.4. The van der Waals surface area contributed by atoms with E-state index in [4.69, 9.17) is 49.0 Å². The highest BCUT2D eigenvalue weighted by Gasteiger charge is 2.38. The maximum atomic E-state index is 11.9. The van der Waals surface area contributed by atoms with Gasteiger partial charge in [-0.25, -0.2) is 0 Å². The molecular formula is C29H30Cl3NO5S. The molecule has 4 rings (SSSR count). The van der Waals surface area contributed by atoms with Crippen molar-refractivity contribution in [3.8, 4) is 5.75 Å². The molecule has 3 aromatic rings. The summed E-state index contributed by atoms with van der Waals surface area (Å²) in [7, 11) is 1.67. The average Bonchev–Trinajstić information content (AvgIpc) is 2.95. The maximum absolute atomic E-state index is 11.9. The van der Waals surface area contributed by atoms with Crippen LogP contribution in [0.3, 0.4) is 0 Å². The predicted octanol–water partition coefficient (Wildman–Crippen LogP) is 6.76. The van der Waals surface area contributed by atoms with Gasteiger partial charge in [0.1, 0.15) is 5.75 Å². The van der Waals surface area contributed by atoms with Gasteiger partial charge in [-0.05, 0) is 28.8 Å². The van der Waals surface area contributed by atoms with E-state index >= 15 is 0 Å². The number of aliphatic hydroxyl groups excluding tert-OH is 1. The van der Waals surface area contributed by atoms with E-state index < -0.39 is 16.0 Å². The molecule has 0 aliphatic carbocycles. The van der Waals surface area contributed by atoms with Gasteiger partial charge in [0, 0.05) is 28.7 Å². The Morgan fingerprint density at radius 3 is 2.26 bits per heavy atom. The lowest BCUT2D eigenvalue weighted by Crippen LogP contribution is -2.38. The van der Waals surface area contributed by atoms with E-state index in [9.17, 15) is 9.90 Å². The number of carbonyl (C=O) groups is 1. The molecule has 2 N–H and O–H groups in total. The zero-order chi connectivity index (χ0) is 28.0. The van der Waals surface area contributed by atoms with E-state index in [1.54, 1.807) is 18.9 Å².